The van der Waals surface area contributed by atoms with Crippen LogP contribution < -0.4 is 0 Å². The average Bonchev–Trinajstić information content (AvgIpc) is 3.28. The molecule has 2 rings (SSSR count). The van der Waals surface area contributed by atoms with Crippen molar-refractivity contribution in [1.29, 1.82) is 0 Å². The second-order valence-corrected chi connectivity index (χ2v) is 16.8. The molecule has 1 fully saturated rings. The molecule has 4 atom stereocenters. The molecule has 1 heterocycles. The van der Waals surface area contributed by atoms with Crippen LogP contribution >= 0.6 is 0 Å². The molecule has 0 saturated carbocycles. The molecule has 1 aromatic rings. The molecule has 0 amide bonds. The minimum atomic E-state index is -1.69. The minimum absolute atomic E-state index is 0.0183. The van der Waals surface area contributed by atoms with Gasteiger partial charge >= 0.3 is 5.97 Å². The number of carboxylic acids is 1. The number of hydrogen-bond donors (Lipinski definition) is 1. The maximum Gasteiger partial charge on any atom is 0.338 e. The van der Waals surface area contributed by atoms with E-state index in [0.29, 0.717) is 0 Å². The van der Waals surface area contributed by atoms with Crippen molar-refractivity contribution in [2.45, 2.75) is 125 Å². The largest absolute Gasteiger partial charge is 0.479 e. The first-order valence-corrected chi connectivity index (χ1v) is 17.6. The van der Waals surface area contributed by atoms with Gasteiger partial charge < -0.3 is 19.0 Å². The summed E-state index contributed by atoms with van der Waals surface area (Å²) in [7, 11) is -1.69. The van der Waals surface area contributed by atoms with Gasteiger partial charge in [0.05, 0.1) is 12.7 Å². The fourth-order valence-electron chi connectivity index (χ4n) is 6.21. The van der Waals surface area contributed by atoms with Crippen LogP contribution in [0.25, 0.3) is 0 Å². The van der Waals surface area contributed by atoms with E-state index < -0.39 is 26.2 Å². The van der Waals surface area contributed by atoms with Crippen LogP contribution in [0.2, 0.25) is 18.1 Å². The highest BCUT2D eigenvalue weighted by Gasteiger charge is 2.49. The predicted molar refractivity (Wildman–Crippen MR) is 168 cm³/mol. The van der Waals surface area contributed by atoms with Gasteiger partial charge in [0.25, 0.3) is 0 Å². The van der Waals surface area contributed by atoms with Gasteiger partial charge in [0.1, 0.15) is 0 Å². The number of carboxylic acid groups (broad SMARTS) is 1. The number of allylic oxidation sites excluding steroid dienone is 3. The number of aryl methyl sites for hydroxylation is 3. The third kappa shape index (κ3) is 8.51. The molecule has 0 bridgehead atoms. The molecule has 1 aliphatic heterocycles. The molecule has 6 heteroatoms. The van der Waals surface area contributed by atoms with Gasteiger partial charge in [-0.15, -0.1) is 0 Å². The van der Waals surface area contributed by atoms with Crippen molar-refractivity contribution >= 4 is 14.3 Å². The van der Waals surface area contributed by atoms with Crippen LogP contribution in [-0.2, 0) is 18.7 Å². The molecule has 40 heavy (non-hydrogen) atoms. The molecule has 1 saturated heterocycles. The molecule has 224 valence electrons. The van der Waals surface area contributed by atoms with Crippen LogP contribution in [0.4, 0.5) is 0 Å². The van der Waals surface area contributed by atoms with Crippen LogP contribution in [-0.4, -0.2) is 37.7 Å². The van der Waals surface area contributed by atoms with Crippen LogP contribution in [0.15, 0.2) is 47.6 Å². The number of hydrogen-bond acceptors (Lipinski definition) is 4. The van der Waals surface area contributed by atoms with E-state index in [1.54, 1.807) is 0 Å². The summed E-state index contributed by atoms with van der Waals surface area (Å²) >= 11 is 0. The highest BCUT2D eigenvalue weighted by molar-refractivity contribution is 6.73. The standard InChI is InChI=1S/C34H54O5Si/c1-12-30(39-40(13-2,14-3)15-4)27(9)18-24(6)16-23(5)17-26(8)21-34(33(35)36)22-37-32(38-34)31-28(10)19-25(7)20-29(31)11/h17-20,23,30,32H,6,12-16,21-22H2,1-5,7-11H3,(H,35,36)/b26-17+,27-18+/t23-,30-,32-,34+/m0/s1. The molecule has 0 unspecified atom stereocenters. The third-order valence-electron chi connectivity index (χ3n) is 8.52. The Morgan fingerprint density at radius 1 is 1.15 bits per heavy atom. The summed E-state index contributed by atoms with van der Waals surface area (Å²) in [6.07, 6.45) is 5.83. The van der Waals surface area contributed by atoms with E-state index >= 15 is 0 Å². The lowest BCUT2D eigenvalue weighted by Gasteiger charge is -2.33. The van der Waals surface area contributed by atoms with Gasteiger partial charge in [0.15, 0.2) is 20.2 Å². The third-order valence-corrected chi connectivity index (χ3v) is 13.2. The second kappa shape index (κ2) is 14.8. The van der Waals surface area contributed by atoms with Crippen molar-refractivity contribution < 1.29 is 23.8 Å². The van der Waals surface area contributed by atoms with E-state index in [4.69, 9.17) is 13.9 Å². The van der Waals surface area contributed by atoms with Crippen molar-refractivity contribution in [3.63, 3.8) is 0 Å². The van der Waals surface area contributed by atoms with E-state index in [0.717, 1.165) is 64.4 Å². The molecule has 5 nitrogen and oxygen atoms in total. The molecule has 1 aliphatic rings. The van der Waals surface area contributed by atoms with Crippen molar-refractivity contribution in [2.24, 2.45) is 5.92 Å². The van der Waals surface area contributed by atoms with Gasteiger partial charge in [-0.2, -0.15) is 0 Å². The highest BCUT2D eigenvalue weighted by Crippen LogP contribution is 2.40. The zero-order chi connectivity index (χ0) is 30.3. The molecule has 1 N–H and O–H groups in total. The summed E-state index contributed by atoms with van der Waals surface area (Å²) in [6.45, 7) is 25.7. The number of aliphatic carboxylic acids is 1. The number of benzene rings is 1. The van der Waals surface area contributed by atoms with Crippen LogP contribution in [0, 0.1) is 26.7 Å². The quantitative estimate of drug-likeness (QED) is 0.129. The first-order valence-electron chi connectivity index (χ1n) is 15.1. The monoisotopic (exact) mass is 570 g/mol. The van der Waals surface area contributed by atoms with Gasteiger partial charge in [0.2, 0.25) is 0 Å². The average molecular weight is 571 g/mol. The Labute approximate surface area is 244 Å². The second-order valence-electron chi connectivity index (χ2n) is 12.0. The molecule has 0 radical (unpaired) electrons. The molecular weight excluding hydrogens is 516 g/mol. The Morgan fingerprint density at radius 2 is 1.73 bits per heavy atom. The smallest absolute Gasteiger partial charge is 0.338 e. The summed E-state index contributed by atoms with van der Waals surface area (Å²) in [5.74, 6) is -0.782. The van der Waals surface area contributed by atoms with Crippen LogP contribution in [0.3, 0.4) is 0 Å². The van der Waals surface area contributed by atoms with Crippen molar-refractivity contribution in [2.75, 3.05) is 6.61 Å². The zero-order valence-electron chi connectivity index (χ0n) is 26.8. The topological polar surface area (TPSA) is 65.0 Å². The van der Waals surface area contributed by atoms with E-state index in [2.05, 4.69) is 79.3 Å². The SMILES string of the molecule is C=C(/C=C(\C)[C@H](CC)O[Si](CC)(CC)CC)C[C@H](C)/C=C(\C)C[C@]1(C(=O)O)CO[C@H](c2c(C)cc(C)cc2C)O1. The lowest BCUT2D eigenvalue weighted by atomic mass is 9.91. The maximum atomic E-state index is 12.4. The molecule has 0 aliphatic carbocycles. The van der Waals surface area contributed by atoms with Crippen molar-refractivity contribution in [3.8, 4) is 0 Å². The van der Waals surface area contributed by atoms with Crippen molar-refractivity contribution in [3.05, 3.63) is 69.8 Å². The Morgan fingerprint density at radius 3 is 2.23 bits per heavy atom. The Hall–Kier alpha value is -1.99. The highest BCUT2D eigenvalue weighted by atomic mass is 28.4. The Kier molecular flexibility index (Phi) is 12.6. The van der Waals surface area contributed by atoms with Gasteiger partial charge in [0, 0.05) is 12.0 Å². The number of rotatable bonds is 15. The van der Waals surface area contributed by atoms with E-state index in [-0.39, 0.29) is 25.0 Å². The summed E-state index contributed by atoms with van der Waals surface area (Å²) < 4.78 is 18.9. The van der Waals surface area contributed by atoms with Gasteiger partial charge in [-0.05, 0) is 88.2 Å². The summed E-state index contributed by atoms with van der Waals surface area (Å²) in [5.41, 5.74) is 6.06. The van der Waals surface area contributed by atoms with Gasteiger partial charge in [-0.1, -0.05) is 82.2 Å². The normalized spacial score (nSPS) is 21.9. The lowest BCUT2D eigenvalue weighted by molar-refractivity contribution is -0.166. The van der Waals surface area contributed by atoms with Crippen LogP contribution in [0.1, 0.15) is 96.3 Å². The summed E-state index contributed by atoms with van der Waals surface area (Å²) in [5, 5.41) is 10.2. The van der Waals surface area contributed by atoms with Gasteiger partial charge in [-0.3, -0.25) is 0 Å². The Balaban J connectivity index is 2.10. The maximum absolute atomic E-state index is 12.4. The minimum Gasteiger partial charge on any atom is -0.479 e. The number of ether oxygens (including phenoxy) is 2. The first-order chi connectivity index (χ1) is 18.7. The fourth-order valence-corrected chi connectivity index (χ4v) is 9.17. The van der Waals surface area contributed by atoms with Crippen LogP contribution in [0.5, 0.6) is 0 Å². The molecule has 0 spiro atoms. The Bertz CT molecular complexity index is 1070. The molecule has 1 aromatic carbocycles. The predicted octanol–water partition coefficient (Wildman–Crippen LogP) is 9.15. The lowest BCUT2D eigenvalue weighted by Crippen LogP contribution is -2.41. The fraction of sp³-hybridized carbons (Fsp3) is 0.618. The number of carbonyl (C=O) groups is 1. The van der Waals surface area contributed by atoms with E-state index in [9.17, 15) is 9.90 Å². The van der Waals surface area contributed by atoms with E-state index in [1.165, 1.54) is 5.57 Å². The van der Waals surface area contributed by atoms with Crippen molar-refractivity contribution in [1.82, 2.24) is 0 Å². The molecular formula is C34H54O5Si. The summed E-state index contributed by atoms with van der Waals surface area (Å²) in [6, 6.07) is 7.59. The first kappa shape index (κ1) is 34.2. The summed E-state index contributed by atoms with van der Waals surface area (Å²) in [4.78, 5) is 12.4. The zero-order valence-corrected chi connectivity index (χ0v) is 27.8. The molecule has 0 aromatic heterocycles. The van der Waals surface area contributed by atoms with Gasteiger partial charge in [-0.25, -0.2) is 4.79 Å². The van der Waals surface area contributed by atoms with E-state index in [1.807, 2.05) is 20.8 Å².